The van der Waals surface area contributed by atoms with Crippen LogP contribution >= 0.6 is 0 Å². The number of methoxy groups -OCH3 is 1. The second kappa shape index (κ2) is 38.4. The van der Waals surface area contributed by atoms with E-state index in [1.54, 1.807) is 7.11 Å². The molecule has 264 valence electrons. The zero-order valence-electron chi connectivity index (χ0n) is 30.3. The highest BCUT2D eigenvalue weighted by molar-refractivity contribution is 5.67. The molecular formula is C39H79NO4. The topological polar surface area (TPSA) is 56.8 Å². The van der Waals surface area contributed by atoms with E-state index >= 15 is 0 Å². The highest BCUT2D eigenvalue weighted by atomic mass is 16.6. The molecule has 44 heavy (non-hydrogen) atoms. The van der Waals surface area contributed by atoms with Crippen molar-refractivity contribution >= 4 is 6.09 Å². The molecule has 0 saturated heterocycles. The van der Waals surface area contributed by atoms with E-state index in [4.69, 9.17) is 14.2 Å². The van der Waals surface area contributed by atoms with Gasteiger partial charge in [0, 0.05) is 20.3 Å². The average Bonchev–Trinajstić information content (AvgIpc) is 3.02. The summed E-state index contributed by atoms with van der Waals surface area (Å²) >= 11 is 0. The minimum atomic E-state index is -0.258. The van der Waals surface area contributed by atoms with Crippen LogP contribution in [0.2, 0.25) is 0 Å². The number of hydrogen-bond donors (Lipinski definition) is 1. The predicted molar refractivity (Wildman–Crippen MR) is 191 cm³/mol. The van der Waals surface area contributed by atoms with E-state index in [0.717, 1.165) is 19.3 Å². The van der Waals surface area contributed by atoms with Crippen molar-refractivity contribution in [2.45, 2.75) is 213 Å². The molecular weight excluding hydrogens is 546 g/mol. The van der Waals surface area contributed by atoms with Crippen molar-refractivity contribution in [3.63, 3.8) is 0 Å². The summed E-state index contributed by atoms with van der Waals surface area (Å²) in [6.07, 6.45) is 39.5. The summed E-state index contributed by atoms with van der Waals surface area (Å²) < 4.78 is 16.4. The molecule has 1 atom stereocenters. The zero-order valence-corrected chi connectivity index (χ0v) is 30.3. The van der Waals surface area contributed by atoms with E-state index in [0.29, 0.717) is 26.4 Å². The summed E-state index contributed by atoms with van der Waals surface area (Å²) in [5.74, 6) is 0. The molecule has 0 aliphatic rings. The fourth-order valence-electron chi connectivity index (χ4n) is 6.02. The number of rotatable bonds is 37. The number of carbonyl (C=O) groups is 1. The Balaban J connectivity index is 3.97. The first kappa shape index (κ1) is 43.2. The van der Waals surface area contributed by atoms with Gasteiger partial charge in [-0.05, 0) is 32.1 Å². The second-order valence-corrected chi connectivity index (χ2v) is 13.3. The van der Waals surface area contributed by atoms with Crippen LogP contribution in [0.25, 0.3) is 0 Å². The van der Waals surface area contributed by atoms with E-state index in [2.05, 4.69) is 19.2 Å². The Bertz CT molecular complexity index is 544. The Morgan fingerprint density at radius 1 is 0.477 bits per heavy atom. The van der Waals surface area contributed by atoms with E-state index in [1.165, 1.54) is 173 Å². The number of nitrogens with one attached hydrogen (secondary N) is 1. The molecule has 0 fully saturated rings. The number of amides is 1. The number of hydrogen-bond acceptors (Lipinski definition) is 4. The van der Waals surface area contributed by atoms with Crippen LogP contribution in [0.15, 0.2) is 0 Å². The molecule has 0 aromatic heterocycles. The number of unbranched alkanes of at least 4 members (excludes halogenated alkanes) is 25. The normalized spacial score (nSPS) is 12.1. The van der Waals surface area contributed by atoms with Gasteiger partial charge in [-0.15, -0.1) is 0 Å². The van der Waals surface area contributed by atoms with Crippen LogP contribution in [-0.4, -0.2) is 45.7 Å². The van der Waals surface area contributed by atoms with Crippen LogP contribution in [0.5, 0.6) is 0 Å². The van der Waals surface area contributed by atoms with Crippen molar-refractivity contribution in [1.29, 1.82) is 0 Å². The number of ether oxygens (including phenoxy) is 3. The van der Waals surface area contributed by atoms with Gasteiger partial charge in [0.15, 0.2) is 0 Å². The van der Waals surface area contributed by atoms with Gasteiger partial charge in [-0.1, -0.05) is 174 Å². The van der Waals surface area contributed by atoms with Gasteiger partial charge in [0.25, 0.3) is 0 Å². The highest BCUT2D eigenvalue weighted by Gasteiger charge is 2.14. The van der Waals surface area contributed by atoms with Crippen molar-refractivity contribution < 1.29 is 19.0 Å². The monoisotopic (exact) mass is 626 g/mol. The fraction of sp³-hybridized carbons (Fsp3) is 0.974. The van der Waals surface area contributed by atoms with Gasteiger partial charge in [0.05, 0.1) is 13.2 Å². The van der Waals surface area contributed by atoms with Gasteiger partial charge in [0.2, 0.25) is 0 Å². The maximum absolute atomic E-state index is 12.5. The Morgan fingerprint density at radius 3 is 1.20 bits per heavy atom. The lowest BCUT2D eigenvalue weighted by molar-refractivity contribution is 0.0670. The largest absolute Gasteiger partial charge is 0.446 e. The third-order valence-corrected chi connectivity index (χ3v) is 8.95. The molecule has 0 saturated carbocycles. The minimum absolute atomic E-state index is 0.0539. The Hall–Kier alpha value is -0.810. The molecule has 0 bridgehead atoms. The zero-order chi connectivity index (χ0) is 32.0. The minimum Gasteiger partial charge on any atom is -0.446 e. The van der Waals surface area contributed by atoms with E-state index in [1.807, 2.05) is 0 Å². The van der Waals surface area contributed by atoms with Gasteiger partial charge in [-0.2, -0.15) is 0 Å². The third kappa shape index (κ3) is 35.7. The molecule has 0 aromatic rings. The molecule has 1 amide bonds. The molecule has 0 radical (unpaired) electrons. The van der Waals surface area contributed by atoms with Gasteiger partial charge < -0.3 is 19.5 Å². The third-order valence-electron chi connectivity index (χ3n) is 8.95. The summed E-state index contributed by atoms with van der Waals surface area (Å²) in [4.78, 5) is 12.5. The van der Waals surface area contributed by atoms with E-state index in [-0.39, 0.29) is 12.2 Å². The number of carbonyl (C=O) groups excluding carboxylic acids is 1. The lowest BCUT2D eigenvalue weighted by atomic mass is 10.0. The van der Waals surface area contributed by atoms with Crippen LogP contribution in [0.1, 0.15) is 206 Å². The average molecular weight is 626 g/mol. The predicted octanol–water partition coefficient (Wildman–Crippen LogP) is 12.5. The van der Waals surface area contributed by atoms with Crippen molar-refractivity contribution in [1.82, 2.24) is 5.32 Å². The first-order valence-electron chi connectivity index (χ1n) is 19.8. The van der Waals surface area contributed by atoms with Gasteiger partial charge in [-0.25, -0.2) is 4.79 Å². The van der Waals surface area contributed by atoms with Crippen LogP contribution < -0.4 is 5.32 Å². The quantitative estimate of drug-likeness (QED) is 0.0698. The second-order valence-electron chi connectivity index (χ2n) is 13.3. The van der Waals surface area contributed by atoms with Crippen molar-refractivity contribution in [3.8, 4) is 0 Å². The molecule has 5 nitrogen and oxygen atoms in total. The van der Waals surface area contributed by atoms with E-state index in [9.17, 15) is 4.79 Å². The Labute approximate surface area is 276 Å². The molecule has 0 aliphatic heterocycles. The smallest absolute Gasteiger partial charge is 0.407 e. The maximum atomic E-state index is 12.5. The number of alkyl carbamates (subject to hydrolysis) is 1. The Kier molecular flexibility index (Phi) is 37.7. The summed E-state index contributed by atoms with van der Waals surface area (Å²) in [5.41, 5.74) is 0. The molecule has 5 heteroatoms. The fourth-order valence-corrected chi connectivity index (χ4v) is 6.02. The van der Waals surface area contributed by atoms with Crippen LogP contribution in [-0.2, 0) is 14.2 Å². The van der Waals surface area contributed by atoms with Gasteiger partial charge >= 0.3 is 6.09 Å². The van der Waals surface area contributed by atoms with Crippen molar-refractivity contribution in [2.24, 2.45) is 0 Å². The molecule has 0 rings (SSSR count). The molecule has 0 heterocycles. The molecule has 0 aliphatic carbocycles. The molecule has 0 aromatic carbocycles. The van der Waals surface area contributed by atoms with Crippen molar-refractivity contribution in [3.05, 3.63) is 0 Å². The lowest BCUT2D eigenvalue weighted by Crippen LogP contribution is -2.30. The first-order valence-corrected chi connectivity index (χ1v) is 19.8. The summed E-state index contributed by atoms with van der Waals surface area (Å²) in [5, 5.41) is 2.93. The van der Waals surface area contributed by atoms with Crippen LogP contribution in [0.4, 0.5) is 4.79 Å². The van der Waals surface area contributed by atoms with Crippen molar-refractivity contribution in [2.75, 3.05) is 33.5 Å². The lowest BCUT2D eigenvalue weighted by Gasteiger charge is -2.18. The molecule has 1 unspecified atom stereocenters. The molecule has 0 spiro atoms. The van der Waals surface area contributed by atoms with Gasteiger partial charge in [-0.3, -0.25) is 0 Å². The standard InChI is InChI=1S/C39H79NO4/c1-4-6-8-10-12-14-16-17-18-19-20-22-24-26-28-30-33-38(44-39(41)40-34-31-35-43-37-36-42-3)32-29-27-25-23-21-15-13-11-9-7-5-2/h38H,4-37H2,1-3H3,(H,40,41). The van der Waals surface area contributed by atoms with Crippen LogP contribution in [0, 0.1) is 0 Å². The maximum Gasteiger partial charge on any atom is 0.407 e. The van der Waals surface area contributed by atoms with Crippen LogP contribution in [0.3, 0.4) is 0 Å². The van der Waals surface area contributed by atoms with Gasteiger partial charge in [0.1, 0.15) is 6.10 Å². The summed E-state index contributed by atoms with van der Waals surface area (Å²) in [7, 11) is 1.67. The molecule has 1 N–H and O–H groups in total. The summed E-state index contributed by atoms with van der Waals surface area (Å²) in [6, 6.07) is 0. The summed E-state index contributed by atoms with van der Waals surface area (Å²) in [6.45, 7) is 7.00. The first-order chi connectivity index (χ1) is 21.7. The Morgan fingerprint density at radius 2 is 0.841 bits per heavy atom. The SMILES string of the molecule is CCCCCCCCCCCCCCCCCCC(CCCCCCCCCCCCC)OC(=O)NCCCOCCOC. The highest BCUT2D eigenvalue weighted by Crippen LogP contribution is 2.18. The van der Waals surface area contributed by atoms with E-state index < -0.39 is 0 Å².